The minimum Gasteiger partial charge on any atom is -0.369 e. The standard InChI is InChI=1S/C22H24FN3O2/c23-18-6-8-19(9-7-18)24-12-14-25(15-13-24)20-16-21(27)26(22(20)28)11-10-17-4-2-1-3-5-17/h1-9,20H,10-16H2/t20-/m1/s1. The summed E-state index contributed by atoms with van der Waals surface area (Å²) in [6, 6.07) is 16.0. The lowest BCUT2D eigenvalue weighted by molar-refractivity contribution is -0.139. The highest BCUT2D eigenvalue weighted by Crippen LogP contribution is 2.23. The first-order valence-corrected chi connectivity index (χ1v) is 9.74. The summed E-state index contributed by atoms with van der Waals surface area (Å²) in [6.07, 6.45) is 0.952. The molecule has 2 saturated heterocycles. The van der Waals surface area contributed by atoms with Crippen molar-refractivity contribution >= 4 is 17.5 Å². The van der Waals surface area contributed by atoms with E-state index in [1.54, 1.807) is 12.1 Å². The number of carbonyl (C=O) groups excluding carboxylic acids is 2. The molecule has 0 spiro atoms. The van der Waals surface area contributed by atoms with Gasteiger partial charge in [0.1, 0.15) is 5.82 Å². The van der Waals surface area contributed by atoms with Crippen molar-refractivity contribution in [1.29, 1.82) is 0 Å². The smallest absolute Gasteiger partial charge is 0.247 e. The van der Waals surface area contributed by atoms with Crippen molar-refractivity contribution in [3.63, 3.8) is 0 Å². The molecule has 2 amide bonds. The third-order valence-electron chi connectivity index (χ3n) is 5.63. The fourth-order valence-electron chi connectivity index (χ4n) is 4.02. The van der Waals surface area contributed by atoms with Crippen LogP contribution in [0.1, 0.15) is 12.0 Å². The molecular formula is C22H24FN3O2. The van der Waals surface area contributed by atoms with Crippen LogP contribution in [0, 0.1) is 5.82 Å². The maximum Gasteiger partial charge on any atom is 0.247 e. The predicted octanol–water partition coefficient (Wildman–Crippen LogP) is 2.32. The van der Waals surface area contributed by atoms with Gasteiger partial charge in [0, 0.05) is 38.4 Å². The molecule has 2 aromatic carbocycles. The van der Waals surface area contributed by atoms with E-state index < -0.39 is 0 Å². The second-order valence-corrected chi connectivity index (χ2v) is 7.34. The molecule has 2 heterocycles. The number of benzene rings is 2. The van der Waals surface area contributed by atoms with Crippen LogP contribution in [0.15, 0.2) is 54.6 Å². The van der Waals surface area contributed by atoms with E-state index in [2.05, 4.69) is 9.80 Å². The summed E-state index contributed by atoms with van der Waals surface area (Å²) in [5, 5.41) is 0. The number of nitrogens with zero attached hydrogens (tertiary/aromatic N) is 3. The van der Waals surface area contributed by atoms with Gasteiger partial charge in [0.2, 0.25) is 11.8 Å². The molecule has 2 aromatic rings. The first-order valence-electron chi connectivity index (χ1n) is 9.74. The van der Waals surface area contributed by atoms with Crippen LogP contribution in [0.25, 0.3) is 0 Å². The number of likely N-dealkylation sites (tertiary alicyclic amines) is 1. The van der Waals surface area contributed by atoms with Crippen molar-refractivity contribution in [2.45, 2.75) is 18.9 Å². The van der Waals surface area contributed by atoms with Crippen LogP contribution >= 0.6 is 0 Å². The molecule has 0 radical (unpaired) electrons. The van der Waals surface area contributed by atoms with Crippen LogP contribution < -0.4 is 4.90 Å². The molecule has 5 nitrogen and oxygen atoms in total. The molecule has 1 atom stereocenters. The minimum absolute atomic E-state index is 0.0730. The van der Waals surface area contributed by atoms with E-state index in [1.165, 1.54) is 17.0 Å². The number of hydrogen-bond donors (Lipinski definition) is 0. The van der Waals surface area contributed by atoms with E-state index in [-0.39, 0.29) is 30.1 Å². The Balaban J connectivity index is 1.33. The summed E-state index contributed by atoms with van der Waals surface area (Å²) in [5.74, 6) is -0.392. The first kappa shape index (κ1) is 18.6. The zero-order valence-electron chi connectivity index (χ0n) is 15.8. The summed E-state index contributed by atoms with van der Waals surface area (Å²) in [5.41, 5.74) is 2.11. The number of rotatable bonds is 5. The molecule has 4 rings (SSSR count). The highest BCUT2D eigenvalue weighted by Gasteiger charge is 2.42. The van der Waals surface area contributed by atoms with Gasteiger partial charge in [-0.1, -0.05) is 30.3 Å². The number of amides is 2. The zero-order valence-corrected chi connectivity index (χ0v) is 15.8. The lowest BCUT2D eigenvalue weighted by Crippen LogP contribution is -2.52. The van der Waals surface area contributed by atoms with Gasteiger partial charge >= 0.3 is 0 Å². The molecule has 2 aliphatic heterocycles. The Kier molecular flexibility index (Phi) is 5.39. The van der Waals surface area contributed by atoms with Crippen LogP contribution in [0.5, 0.6) is 0 Å². The van der Waals surface area contributed by atoms with Crippen molar-refractivity contribution in [2.75, 3.05) is 37.6 Å². The topological polar surface area (TPSA) is 43.9 Å². The predicted molar refractivity (Wildman–Crippen MR) is 105 cm³/mol. The molecule has 28 heavy (non-hydrogen) atoms. The van der Waals surface area contributed by atoms with E-state index in [1.807, 2.05) is 30.3 Å². The molecule has 0 saturated carbocycles. The first-order chi connectivity index (χ1) is 13.6. The number of hydrogen-bond acceptors (Lipinski definition) is 4. The maximum atomic E-state index is 13.1. The van der Waals surface area contributed by atoms with Crippen molar-refractivity contribution < 1.29 is 14.0 Å². The summed E-state index contributed by atoms with van der Waals surface area (Å²) in [7, 11) is 0. The Morgan fingerprint density at radius 3 is 2.25 bits per heavy atom. The van der Waals surface area contributed by atoms with Gasteiger partial charge in [0.25, 0.3) is 0 Å². The largest absolute Gasteiger partial charge is 0.369 e. The van der Waals surface area contributed by atoms with Crippen LogP contribution in [-0.4, -0.2) is 60.4 Å². The maximum absolute atomic E-state index is 13.1. The molecule has 2 fully saturated rings. The Hall–Kier alpha value is -2.73. The highest BCUT2D eigenvalue weighted by molar-refractivity contribution is 6.05. The van der Waals surface area contributed by atoms with E-state index >= 15 is 0 Å². The average Bonchev–Trinajstić information content (AvgIpc) is 3.01. The second kappa shape index (κ2) is 8.10. The van der Waals surface area contributed by atoms with Crippen molar-refractivity contribution in [3.05, 3.63) is 66.0 Å². The second-order valence-electron chi connectivity index (χ2n) is 7.34. The van der Waals surface area contributed by atoms with E-state index in [0.29, 0.717) is 26.1 Å². The van der Waals surface area contributed by atoms with Crippen LogP contribution in [0.3, 0.4) is 0 Å². The fraction of sp³-hybridized carbons (Fsp3) is 0.364. The van der Waals surface area contributed by atoms with E-state index in [4.69, 9.17) is 0 Å². The third kappa shape index (κ3) is 3.92. The summed E-state index contributed by atoms with van der Waals surface area (Å²) in [6.45, 7) is 3.39. The summed E-state index contributed by atoms with van der Waals surface area (Å²) < 4.78 is 13.1. The SMILES string of the molecule is O=C1C[C@@H](N2CCN(c3ccc(F)cc3)CC2)C(=O)N1CCc1ccccc1. The molecule has 0 bridgehead atoms. The highest BCUT2D eigenvalue weighted by atomic mass is 19.1. The number of halogens is 1. The molecule has 0 aromatic heterocycles. The van der Waals surface area contributed by atoms with Gasteiger partial charge in [-0.25, -0.2) is 4.39 Å². The molecular weight excluding hydrogens is 357 g/mol. The van der Waals surface area contributed by atoms with E-state index in [0.717, 1.165) is 24.3 Å². The minimum atomic E-state index is -0.348. The Morgan fingerprint density at radius 2 is 1.57 bits per heavy atom. The molecule has 146 valence electrons. The van der Waals surface area contributed by atoms with Crippen LogP contribution in [0.4, 0.5) is 10.1 Å². The lowest BCUT2D eigenvalue weighted by Gasteiger charge is -2.38. The number of piperazine rings is 1. The molecule has 0 N–H and O–H groups in total. The monoisotopic (exact) mass is 381 g/mol. The number of carbonyl (C=O) groups is 2. The molecule has 6 heteroatoms. The zero-order chi connectivity index (χ0) is 19.5. The summed E-state index contributed by atoms with van der Waals surface area (Å²) in [4.78, 5) is 31.0. The molecule has 2 aliphatic rings. The van der Waals surface area contributed by atoms with Crippen LogP contribution in [0.2, 0.25) is 0 Å². The molecule has 0 unspecified atom stereocenters. The van der Waals surface area contributed by atoms with Crippen LogP contribution in [-0.2, 0) is 16.0 Å². The summed E-state index contributed by atoms with van der Waals surface area (Å²) >= 11 is 0. The average molecular weight is 381 g/mol. The van der Waals surface area contributed by atoms with Crippen molar-refractivity contribution in [3.8, 4) is 0 Å². The van der Waals surface area contributed by atoms with Crippen molar-refractivity contribution in [1.82, 2.24) is 9.80 Å². The van der Waals surface area contributed by atoms with Gasteiger partial charge in [-0.2, -0.15) is 0 Å². The van der Waals surface area contributed by atoms with Gasteiger partial charge in [-0.05, 0) is 36.2 Å². The van der Waals surface area contributed by atoms with Gasteiger partial charge in [0.15, 0.2) is 0 Å². The Morgan fingerprint density at radius 1 is 0.893 bits per heavy atom. The Labute approximate surface area is 164 Å². The lowest BCUT2D eigenvalue weighted by atomic mass is 10.1. The quantitative estimate of drug-likeness (QED) is 0.746. The van der Waals surface area contributed by atoms with Gasteiger partial charge in [0.05, 0.1) is 12.5 Å². The molecule has 0 aliphatic carbocycles. The van der Waals surface area contributed by atoms with Gasteiger partial charge in [-0.3, -0.25) is 19.4 Å². The third-order valence-corrected chi connectivity index (χ3v) is 5.63. The number of anilines is 1. The fourth-order valence-corrected chi connectivity index (χ4v) is 4.02. The van der Waals surface area contributed by atoms with Gasteiger partial charge in [-0.15, -0.1) is 0 Å². The van der Waals surface area contributed by atoms with Crippen molar-refractivity contribution in [2.24, 2.45) is 0 Å². The normalized spacial score (nSPS) is 20.8. The Bertz CT molecular complexity index is 833. The van der Waals surface area contributed by atoms with E-state index in [9.17, 15) is 14.0 Å². The number of imide groups is 1. The van der Waals surface area contributed by atoms with Gasteiger partial charge < -0.3 is 4.90 Å².